The number of rotatable bonds is 8. The minimum Gasteiger partial charge on any atom is -0.303 e. The molecule has 0 aliphatic rings. The average Bonchev–Trinajstić information content (AvgIpc) is 2.45. The third kappa shape index (κ3) is 4.71. The van der Waals surface area contributed by atoms with Crippen LogP contribution in [0.25, 0.3) is 0 Å². The molecule has 1 aromatic carbocycles. The molecule has 0 aromatic heterocycles. The molecule has 20 heavy (non-hydrogen) atoms. The van der Waals surface area contributed by atoms with E-state index in [9.17, 15) is 9.18 Å². The number of carbonyl (C=O) groups is 1. The van der Waals surface area contributed by atoms with Crippen LogP contribution in [0.5, 0.6) is 0 Å². The molecule has 0 N–H and O–H groups in total. The SMILES string of the molecule is CCC(C)CN(CC)CC(C)C(=O)c1ccccc1F. The number of ketones is 1. The largest absolute Gasteiger partial charge is 0.303 e. The maximum atomic E-state index is 13.6. The molecule has 2 unspecified atom stereocenters. The molecule has 112 valence electrons. The summed E-state index contributed by atoms with van der Waals surface area (Å²) in [6.45, 7) is 11.0. The van der Waals surface area contributed by atoms with E-state index in [2.05, 4.69) is 25.7 Å². The first-order valence-electron chi connectivity index (χ1n) is 7.50. The van der Waals surface area contributed by atoms with E-state index in [1.165, 1.54) is 6.07 Å². The number of halogens is 1. The Morgan fingerprint density at radius 1 is 1.20 bits per heavy atom. The van der Waals surface area contributed by atoms with Gasteiger partial charge in [0.2, 0.25) is 0 Å². The molecule has 0 fully saturated rings. The Morgan fingerprint density at radius 2 is 1.85 bits per heavy atom. The fraction of sp³-hybridized carbons (Fsp3) is 0.588. The first-order valence-corrected chi connectivity index (χ1v) is 7.50. The van der Waals surface area contributed by atoms with E-state index in [0.29, 0.717) is 12.5 Å². The van der Waals surface area contributed by atoms with Gasteiger partial charge < -0.3 is 4.90 Å². The quantitative estimate of drug-likeness (QED) is 0.670. The van der Waals surface area contributed by atoms with Gasteiger partial charge in [-0.05, 0) is 24.6 Å². The Labute approximate surface area is 122 Å². The van der Waals surface area contributed by atoms with Crippen molar-refractivity contribution in [2.75, 3.05) is 19.6 Å². The normalized spacial score (nSPS) is 14.3. The summed E-state index contributed by atoms with van der Waals surface area (Å²) in [4.78, 5) is 14.6. The Morgan fingerprint density at radius 3 is 2.40 bits per heavy atom. The van der Waals surface area contributed by atoms with Crippen LogP contribution in [0.4, 0.5) is 4.39 Å². The van der Waals surface area contributed by atoms with Gasteiger partial charge in [-0.15, -0.1) is 0 Å². The third-order valence-corrected chi connectivity index (χ3v) is 3.83. The summed E-state index contributed by atoms with van der Waals surface area (Å²) in [5.74, 6) is -0.0957. The Hall–Kier alpha value is -1.22. The Balaban J connectivity index is 2.67. The van der Waals surface area contributed by atoms with Gasteiger partial charge in [0.15, 0.2) is 5.78 Å². The summed E-state index contributed by atoms with van der Waals surface area (Å²) in [6.07, 6.45) is 1.13. The van der Waals surface area contributed by atoms with E-state index in [1.807, 2.05) is 6.92 Å². The monoisotopic (exact) mass is 279 g/mol. The van der Waals surface area contributed by atoms with Crippen LogP contribution < -0.4 is 0 Å². The Kier molecular flexibility index (Phi) is 6.86. The van der Waals surface area contributed by atoms with Crippen molar-refractivity contribution in [1.29, 1.82) is 0 Å². The smallest absolute Gasteiger partial charge is 0.169 e. The van der Waals surface area contributed by atoms with E-state index >= 15 is 0 Å². The van der Waals surface area contributed by atoms with Gasteiger partial charge in [-0.3, -0.25) is 4.79 Å². The molecule has 2 atom stereocenters. The van der Waals surface area contributed by atoms with Crippen LogP contribution in [-0.2, 0) is 0 Å². The maximum absolute atomic E-state index is 13.6. The standard InChI is InChI=1S/C17H26FNO/c1-5-13(3)11-19(6-2)12-14(4)17(20)15-9-7-8-10-16(15)18/h7-10,13-14H,5-6,11-12H2,1-4H3. The lowest BCUT2D eigenvalue weighted by Crippen LogP contribution is -2.35. The van der Waals surface area contributed by atoms with E-state index in [4.69, 9.17) is 0 Å². The number of hydrogen-bond acceptors (Lipinski definition) is 2. The fourth-order valence-electron chi connectivity index (χ4n) is 2.30. The summed E-state index contributed by atoms with van der Waals surface area (Å²) in [6, 6.07) is 6.23. The number of benzene rings is 1. The minimum absolute atomic E-state index is 0.106. The van der Waals surface area contributed by atoms with Gasteiger partial charge in [0.1, 0.15) is 5.82 Å². The second-order valence-electron chi connectivity index (χ2n) is 5.61. The zero-order chi connectivity index (χ0) is 15.1. The fourth-order valence-corrected chi connectivity index (χ4v) is 2.30. The van der Waals surface area contributed by atoms with Crippen molar-refractivity contribution in [1.82, 2.24) is 4.90 Å². The molecule has 0 spiro atoms. The van der Waals surface area contributed by atoms with Crippen LogP contribution in [0.2, 0.25) is 0 Å². The van der Waals surface area contributed by atoms with Crippen LogP contribution in [-0.4, -0.2) is 30.3 Å². The lowest BCUT2D eigenvalue weighted by atomic mass is 9.97. The van der Waals surface area contributed by atoms with Crippen molar-refractivity contribution < 1.29 is 9.18 Å². The van der Waals surface area contributed by atoms with E-state index in [1.54, 1.807) is 18.2 Å². The van der Waals surface area contributed by atoms with Gasteiger partial charge in [-0.2, -0.15) is 0 Å². The van der Waals surface area contributed by atoms with Gasteiger partial charge in [0, 0.05) is 19.0 Å². The van der Waals surface area contributed by atoms with Crippen molar-refractivity contribution >= 4 is 5.78 Å². The van der Waals surface area contributed by atoms with Crippen LogP contribution in [0.1, 0.15) is 44.5 Å². The molecule has 3 heteroatoms. The van der Waals surface area contributed by atoms with Crippen LogP contribution in [0.3, 0.4) is 0 Å². The highest BCUT2D eigenvalue weighted by molar-refractivity contribution is 5.98. The predicted octanol–water partition coefficient (Wildman–Crippen LogP) is 4.01. The van der Waals surface area contributed by atoms with Crippen molar-refractivity contribution in [2.24, 2.45) is 11.8 Å². The molecule has 0 saturated heterocycles. The van der Waals surface area contributed by atoms with Crippen molar-refractivity contribution in [3.05, 3.63) is 35.6 Å². The summed E-state index contributed by atoms with van der Waals surface area (Å²) in [5, 5.41) is 0. The molecular formula is C17H26FNO. The Bertz CT molecular complexity index is 433. The summed E-state index contributed by atoms with van der Waals surface area (Å²) >= 11 is 0. The lowest BCUT2D eigenvalue weighted by Gasteiger charge is -2.26. The van der Waals surface area contributed by atoms with E-state index in [-0.39, 0.29) is 17.3 Å². The summed E-state index contributed by atoms with van der Waals surface area (Å²) in [7, 11) is 0. The highest BCUT2D eigenvalue weighted by Gasteiger charge is 2.21. The van der Waals surface area contributed by atoms with E-state index < -0.39 is 5.82 Å². The molecule has 1 rings (SSSR count). The molecule has 0 aliphatic carbocycles. The molecule has 1 aromatic rings. The zero-order valence-corrected chi connectivity index (χ0v) is 13.0. The second kappa shape index (κ2) is 8.15. The van der Waals surface area contributed by atoms with Gasteiger partial charge in [-0.1, -0.05) is 46.2 Å². The molecular weight excluding hydrogens is 253 g/mol. The molecule has 0 saturated carbocycles. The minimum atomic E-state index is -0.422. The molecule has 0 aliphatic heterocycles. The zero-order valence-electron chi connectivity index (χ0n) is 13.0. The predicted molar refractivity (Wildman–Crippen MR) is 81.5 cm³/mol. The third-order valence-electron chi connectivity index (χ3n) is 3.83. The first kappa shape index (κ1) is 16.8. The molecule has 0 heterocycles. The second-order valence-corrected chi connectivity index (χ2v) is 5.61. The highest BCUT2D eigenvalue weighted by Crippen LogP contribution is 2.15. The summed E-state index contributed by atoms with van der Waals surface area (Å²) < 4.78 is 13.6. The number of hydrogen-bond donors (Lipinski definition) is 0. The van der Waals surface area contributed by atoms with Crippen LogP contribution in [0, 0.1) is 17.7 Å². The number of Topliss-reactive ketones (excluding diaryl/α,β-unsaturated/α-hetero) is 1. The lowest BCUT2D eigenvalue weighted by molar-refractivity contribution is 0.0885. The number of carbonyl (C=O) groups excluding carboxylic acids is 1. The van der Waals surface area contributed by atoms with Gasteiger partial charge in [-0.25, -0.2) is 4.39 Å². The maximum Gasteiger partial charge on any atom is 0.169 e. The summed E-state index contributed by atoms with van der Waals surface area (Å²) in [5.41, 5.74) is 0.208. The van der Waals surface area contributed by atoms with Crippen molar-refractivity contribution in [3.8, 4) is 0 Å². The van der Waals surface area contributed by atoms with Gasteiger partial charge in [0.25, 0.3) is 0 Å². The van der Waals surface area contributed by atoms with Gasteiger partial charge >= 0.3 is 0 Å². The highest BCUT2D eigenvalue weighted by atomic mass is 19.1. The number of nitrogens with zero attached hydrogens (tertiary/aromatic N) is 1. The van der Waals surface area contributed by atoms with Crippen molar-refractivity contribution in [2.45, 2.75) is 34.1 Å². The van der Waals surface area contributed by atoms with Crippen LogP contribution in [0.15, 0.2) is 24.3 Å². The van der Waals surface area contributed by atoms with Crippen molar-refractivity contribution in [3.63, 3.8) is 0 Å². The van der Waals surface area contributed by atoms with E-state index in [0.717, 1.165) is 19.5 Å². The topological polar surface area (TPSA) is 20.3 Å². The first-order chi connectivity index (χ1) is 9.49. The average molecular weight is 279 g/mol. The molecule has 0 amide bonds. The molecule has 0 radical (unpaired) electrons. The van der Waals surface area contributed by atoms with Gasteiger partial charge in [0.05, 0.1) is 5.56 Å². The molecule has 2 nitrogen and oxygen atoms in total. The molecule has 0 bridgehead atoms. The van der Waals surface area contributed by atoms with Crippen LogP contribution >= 0.6 is 0 Å².